The van der Waals surface area contributed by atoms with Gasteiger partial charge in [-0.25, -0.2) is 0 Å². The van der Waals surface area contributed by atoms with Crippen LogP contribution in [0.3, 0.4) is 0 Å². The van der Waals surface area contributed by atoms with E-state index in [-0.39, 0.29) is 23.4 Å². The molecule has 0 aliphatic rings. The van der Waals surface area contributed by atoms with Gasteiger partial charge in [0.1, 0.15) is 11.6 Å². The van der Waals surface area contributed by atoms with Crippen LogP contribution in [0.2, 0.25) is 0 Å². The normalized spacial score (nSPS) is 11.5. The highest BCUT2D eigenvalue weighted by Gasteiger charge is 2.33. The number of pyridine rings is 1. The van der Waals surface area contributed by atoms with Crippen molar-refractivity contribution in [1.29, 1.82) is 5.26 Å². The van der Waals surface area contributed by atoms with Crippen molar-refractivity contribution < 1.29 is 23.2 Å². The van der Waals surface area contributed by atoms with Crippen LogP contribution in [0.1, 0.15) is 22.3 Å². The molecule has 0 atom stereocenters. The summed E-state index contributed by atoms with van der Waals surface area (Å²) < 4.78 is 39.6. The minimum Gasteiger partial charge on any atom is -0.493 e. The van der Waals surface area contributed by atoms with E-state index >= 15 is 0 Å². The summed E-state index contributed by atoms with van der Waals surface area (Å²) in [6, 6.07) is 12.5. The van der Waals surface area contributed by atoms with Gasteiger partial charge < -0.3 is 5.11 Å². The maximum atomic E-state index is 13.0. The van der Waals surface area contributed by atoms with Gasteiger partial charge in [0.05, 0.1) is 10.5 Å². The molecule has 0 saturated carbocycles. The largest absolute Gasteiger partial charge is 0.493 e. The number of nitriles is 1. The number of benzene rings is 2. The number of azo groups is 1. The predicted molar refractivity (Wildman–Crippen MR) is 114 cm³/mol. The molecule has 0 aliphatic heterocycles. The molecule has 1 heterocycles. The SMILES string of the molecule is Cc1c(C#N)c(O)n(CCc2ccccc2)c(=O)c1N=Nc1ccc(C(F)(F)F)cc1[N+](=O)[O-]. The Hall–Kier alpha value is -4.53. The summed E-state index contributed by atoms with van der Waals surface area (Å²) in [5, 5.41) is 38.5. The quantitative estimate of drug-likeness (QED) is 0.295. The first-order valence-electron chi connectivity index (χ1n) is 9.72. The van der Waals surface area contributed by atoms with Crippen LogP contribution in [0.4, 0.5) is 30.2 Å². The van der Waals surface area contributed by atoms with Gasteiger partial charge in [-0.2, -0.15) is 18.4 Å². The number of nitro benzene ring substituents is 1. The van der Waals surface area contributed by atoms with E-state index in [9.17, 15) is 38.4 Å². The molecular weight excluding hydrogens is 455 g/mol. The Labute approximate surface area is 190 Å². The second kappa shape index (κ2) is 9.53. The number of nitrogens with zero attached hydrogens (tertiary/aromatic N) is 5. The van der Waals surface area contributed by atoms with Crippen molar-refractivity contribution in [2.75, 3.05) is 0 Å². The first-order chi connectivity index (χ1) is 16.0. The van der Waals surface area contributed by atoms with Crippen molar-refractivity contribution in [2.45, 2.75) is 26.1 Å². The number of rotatable bonds is 6. The Kier molecular flexibility index (Phi) is 6.76. The molecule has 2 aromatic carbocycles. The first-order valence-corrected chi connectivity index (χ1v) is 9.72. The van der Waals surface area contributed by atoms with E-state index < -0.39 is 39.5 Å². The highest BCUT2D eigenvalue weighted by molar-refractivity contribution is 5.60. The number of halogens is 3. The van der Waals surface area contributed by atoms with Gasteiger partial charge in [0.25, 0.3) is 11.2 Å². The second-order valence-corrected chi connectivity index (χ2v) is 7.13. The number of alkyl halides is 3. The van der Waals surface area contributed by atoms with E-state index in [1.807, 2.05) is 18.2 Å². The second-order valence-electron chi connectivity index (χ2n) is 7.13. The summed E-state index contributed by atoms with van der Waals surface area (Å²) >= 11 is 0. The van der Waals surface area contributed by atoms with Crippen LogP contribution in [0.15, 0.2) is 63.6 Å². The molecule has 0 aliphatic carbocycles. The molecule has 0 bridgehead atoms. The van der Waals surface area contributed by atoms with Crippen LogP contribution in [0.5, 0.6) is 5.88 Å². The number of nitro groups is 1. The molecule has 0 unspecified atom stereocenters. The van der Waals surface area contributed by atoms with E-state index in [1.54, 1.807) is 18.2 Å². The molecule has 1 N–H and O–H groups in total. The van der Waals surface area contributed by atoms with E-state index in [0.29, 0.717) is 18.6 Å². The van der Waals surface area contributed by atoms with E-state index in [4.69, 9.17) is 0 Å². The standard InChI is InChI=1S/C22H16F3N5O4/c1-13-16(12-26)20(31)29(10-9-14-5-3-2-4-6-14)21(32)19(13)28-27-17-8-7-15(22(23,24)25)11-18(17)30(33)34/h2-8,11,31H,9-10H2,1H3. The molecule has 9 nitrogen and oxygen atoms in total. The van der Waals surface area contributed by atoms with Crippen molar-refractivity contribution >= 4 is 17.1 Å². The molecular formula is C22H16F3N5O4. The number of hydrogen-bond donors (Lipinski definition) is 1. The number of aryl methyl sites for hydroxylation is 1. The molecule has 0 amide bonds. The monoisotopic (exact) mass is 471 g/mol. The van der Waals surface area contributed by atoms with Crippen LogP contribution in [-0.4, -0.2) is 14.6 Å². The topological polar surface area (TPSA) is 134 Å². The first kappa shape index (κ1) is 24.1. The lowest BCUT2D eigenvalue weighted by molar-refractivity contribution is -0.384. The van der Waals surface area contributed by atoms with Crippen molar-refractivity contribution in [3.8, 4) is 11.9 Å². The van der Waals surface area contributed by atoms with Gasteiger partial charge in [0.2, 0.25) is 5.88 Å². The van der Waals surface area contributed by atoms with Crippen molar-refractivity contribution in [3.05, 3.63) is 91.3 Å². The number of aromatic nitrogens is 1. The third-order valence-corrected chi connectivity index (χ3v) is 4.99. The summed E-state index contributed by atoms with van der Waals surface area (Å²) in [5.74, 6) is -0.569. The Morgan fingerprint density at radius 1 is 1.18 bits per heavy atom. The lowest BCUT2D eigenvalue weighted by Crippen LogP contribution is -2.22. The zero-order valence-corrected chi connectivity index (χ0v) is 17.6. The minimum atomic E-state index is -4.80. The molecule has 3 aromatic rings. The van der Waals surface area contributed by atoms with Crippen LogP contribution in [-0.2, 0) is 19.1 Å². The highest BCUT2D eigenvalue weighted by Crippen LogP contribution is 2.37. The van der Waals surface area contributed by atoms with Crippen LogP contribution in [0, 0.1) is 28.4 Å². The van der Waals surface area contributed by atoms with E-state index in [1.165, 1.54) is 6.92 Å². The summed E-state index contributed by atoms with van der Waals surface area (Å²) in [4.78, 5) is 23.2. The maximum absolute atomic E-state index is 13.0. The molecule has 34 heavy (non-hydrogen) atoms. The minimum absolute atomic E-state index is 0.00735. The Bertz CT molecular complexity index is 1380. The zero-order valence-electron chi connectivity index (χ0n) is 17.6. The van der Waals surface area contributed by atoms with Gasteiger partial charge in [-0.3, -0.25) is 19.5 Å². The van der Waals surface area contributed by atoms with Crippen molar-refractivity contribution in [2.24, 2.45) is 10.2 Å². The fourth-order valence-electron chi connectivity index (χ4n) is 3.18. The van der Waals surface area contributed by atoms with Gasteiger partial charge in [-0.05, 0) is 31.0 Å². The summed E-state index contributed by atoms with van der Waals surface area (Å²) in [6.45, 7) is 1.32. The summed E-state index contributed by atoms with van der Waals surface area (Å²) in [6.07, 6.45) is -4.47. The van der Waals surface area contributed by atoms with Gasteiger partial charge in [-0.1, -0.05) is 30.3 Å². The maximum Gasteiger partial charge on any atom is 0.416 e. The fraction of sp³-hybridized carbons (Fsp3) is 0.182. The molecule has 0 radical (unpaired) electrons. The Morgan fingerprint density at radius 3 is 2.44 bits per heavy atom. The molecule has 3 rings (SSSR count). The van der Waals surface area contributed by atoms with Crippen molar-refractivity contribution in [3.63, 3.8) is 0 Å². The summed E-state index contributed by atoms with van der Waals surface area (Å²) in [5.41, 5.74) is -3.33. The van der Waals surface area contributed by atoms with E-state index in [0.717, 1.165) is 16.2 Å². The number of hydrogen-bond acceptors (Lipinski definition) is 7. The highest BCUT2D eigenvalue weighted by atomic mass is 19.4. The van der Waals surface area contributed by atoms with Gasteiger partial charge in [0.15, 0.2) is 11.4 Å². The molecule has 0 spiro atoms. The summed E-state index contributed by atoms with van der Waals surface area (Å²) in [7, 11) is 0. The molecule has 0 fully saturated rings. The third-order valence-electron chi connectivity index (χ3n) is 4.99. The van der Waals surface area contributed by atoms with Gasteiger partial charge >= 0.3 is 6.18 Å². The number of aromatic hydroxyl groups is 1. The average molecular weight is 471 g/mol. The molecule has 174 valence electrons. The van der Waals surface area contributed by atoms with Crippen molar-refractivity contribution in [1.82, 2.24) is 4.57 Å². The van der Waals surface area contributed by atoms with Crippen LogP contribution < -0.4 is 5.56 Å². The predicted octanol–water partition coefficient (Wildman–Crippen LogP) is 5.32. The van der Waals surface area contributed by atoms with E-state index in [2.05, 4.69) is 10.2 Å². The Morgan fingerprint density at radius 2 is 1.85 bits per heavy atom. The molecule has 0 saturated heterocycles. The fourth-order valence-corrected chi connectivity index (χ4v) is 3.18. The lowest BCUT2D eigenvalue weighted by Gasteiger charge is -2.13. The van der Waals surface area contributed by atoms with Crippen LogP contribution >= 0.6 is 0 Å². The zero-order chi connectivity index (χ0) is 25.0. The molecule has 1 aromatic heterocycles. The van der Waals surface area contributed by atoms with Gasteiger partial charge in [-0.15, -0.1) is 10.2 Å². The smallest absolute Gasteiger partial charge is 0.416 e. The van der Waals surface area contributed by atoms with Gasteiger partial charge in [0, 0.05) is 18.2 Å². The lowest BCUT2D eigenvalue weighted by atomic mass is 10.1. The Balaban J connectivity index is 2.07. The average Bonchev–Trinajstić information content (AvgIpc) is 2.79. The third kappa shape index (κ3) is 4.93. The molecule has 12 heteroatoms. The van der Waals surface area contributed by atoms with Crippen LogP contribution in [0.25, 0.3) is 0 Å².